The maximum absolute atomic E-state index is 3.73. The highest BCUT2D eigenvalue weighted by Crippen LogP contribution is 2.33. The molecule has 1 aliphatic heterocycles. The Bertz CT molecular complexity index is 566. The second-order valence-electron chi connectivity index (χ2n) is 5.34. The van der Waals surface area contributed by atoms with Crippen molar-refractivity contribution in [3.05, 3.63) is 35.2 Å². The Morgan fingerprint density at radius 3 is 3.10 bits per heavy atom. The van der Waals surface area contributed by atoms with Crippen LogP contribution in [0, 0.1) is 0 Å². The number of benzene rings is 1. The summed E-state index contributed by atoms with van der Waals surface area (Å²) in [7, 11) is 2.27. The van der Waals surface area contributed by atoms with Gasteiger partial charge >= 0.3 is 0 Å². The predicted molar refractivity (Wildman–Crippen MR) is 92.0 cm³/mol. The van der Waals surface area contributed by atoms with E-state index >= 15 is 0 Å². The normalized spacial score (nSPS) is 22.2. The smallest absolute Gasteiger partial charge is 0.0500 e. The quantitative estimate of drug-likeness (QED) is 0.929. The first-order chi connectivity index (χ1) is 9.81. The molecule has 2 unspecified atom stereocenters. The summed E-state index contributed by atoms with van der Waals surface area (Å²) in [6, 6.07) is 9.97. The Balaban J connectivity index is 1.99. The van der Waals surface area contributed by atoms with Crippen molar-refractivity contribution < 1.29 is 0 Å². The van der Waals surface area contributed by atoms with Crippen molar-refractivity contribution in [3.8, 4) is 0 Å². The van der Waals surface area contributed by atoms with Crippen LogP contribution in [0.1, 0.15) is 18.5 Å². The van der Waals surface area contributed by atoms with Crippen molar-refractivity contribution >= 4 is 33.2 Å². The molecule has 1 N–H and O–H groups in total. The van der Waals surface area contributed by atoms with Gasteiger partial charge in [0.15, 0.2) is 0 Å². The average molecular weight is 307 g/mol. The van der Waals surface area contributed by atoms with Crippen molar-refractivity contribution in [2.24, 2.45) is 0 Å². The SMILES string of the molecule is CCNC(c1cccc2ccsc12)C1CSCCN1C. The van der Waals surface area contributed by atoms with E-state index in [2.05, 4.69) is 65.6 Å². The number of thioether (sulfide) groups is 1. The summed E-state index contributed by atoms with van der Waals surface area (Å²) < 4.78 is 1.45. The van der Waals surface area contributed by atoms with Gasteiger partial charge in [0.2, 0.25) is 0 Å². The molecule has 20 heavy (non-hydrogen) atoms. The van der Waals surface area contributed by atoms with Gasteiger partial charge in [-0.05, 0) is 36.0 Å². The zero-order valence-electron chi connectivity index (χ0n) is 12.1. The lowest BCUT2D eigenvalue weighted by molar-refractivity contribution is 0.218. The standard InChI is InChI=1S/C16H22N2S2/c1-3-17-15(14-11-19-10-8-18(14)2)13-6-4-5-12-7-9-20-16(12)13/h4-7,9,14-15,17H,3,8,10-11H2,1-2H3. The molecule has 0 radical (unpaired) electrons. The van der Waals surface area contributed by atoms with E-state index in [0.29, 0.717) is 12.1 Å². The number of hydrogen-bond acceptors (Lipinski definition) is 4. The lowest BCUT2D eigenvalue weighted by Gasteiger charge is -2.38. The molecule has 0 spiro atoms. The molecule has 1 saturated heterocycles. The first-order valence-electron chi connectivity index (χ1n) is 7.28. The van der Waals surface area contributed by atoms with Gasteiger partial charge in [0.1, 0.15) is 0 Å². The summed E-state index contributed by atoms with van der Waals surface area (Å²) in [5, 5.41) is 7.31. The van der Waals surface area contributed by atoms with E-state index in [4.69, 9.17) is 0 Å². The molecule has 1 aromatic carbocycles. The maximum atomic E-state index is 3.73. The molecular weight excluding hydrogens is 284 g/mol. The summed E-state index contributed by atoms with van der Waals surface area (Å²) in [4.78, 5) is 2.52. The van der Waals surface area contributed by atoms with Gasteiger partial charge in [0.25, 0.3) is 0 Å². The van der Waals surface area contributed by atoms with Gasteiger partial charge < -0.3 is 5.32 Å². The monoisotopic (exact) mass is 306 g/mol. The van der Waals surface area contributed by atoms with Gasteiger partial charge in [-0.25, -0.2) is 0 Å². The molecule has 3 rings (SSSR count). The van der Waals surface area contributed by atoms with E-state index in [-0.39, 0.29) is 0 Å². The van der Waals surface area contributed by atoms with Gasteiger partial charge in [-0.15, -0.1) is 11.3 Å². The minimum atomic E-state index is 0.431. The average Bonchev–Trinajstić information content (AvgIpc) is 2.94. The van der Waals surface area contributed by atoms with Crippen LogP contribution in [0.15, 0.2) is 29.6 Å². The molecule has 0 saturated carbocycles. The molecule has 1 aliphatic rings. The van der Waals surface area contributed by atoms with Gasteiger partial charge in [0, 0.05) is 34.8 Å². The molecule has 0 bridgehead atoms. The number of rotatable bonds is 4. The number of likely N-dealkylation sites (N-methyl/N-ethyl adjacent to an activating group) is 2. The molecule has 108 valence electrons. The molecule has 1 fully saturated rings. The van der Waals surface area contributed by atoms with Gasteiger partial charge in [-0.1, -0.05) is 25.1 Å². The summed E-state index contributed by atoms with van der Waals surface area (Å²) >= 11 is 3.95. The third-order valence-corrected chi connectivity index (χ3v) is 6.12. The van der Waals surface area contributed by atoms with Crippen LogP contribution in [0.2, 0.25) is 0 Å². The highest BCUT2D eigenvalue weighted by atomic mass is 32.2. The Hall–Kier alpha value is -0.550. The van der Waals surface area contributed by atoms with Gasteiger partial charge in [-0.3, -0.25) is 4.90 Å². The first kappa shape index (κ1) is 14.4. The Labute approximate surface area is 129 Å². The maximum Gasteiger partial charge on any atom is 0.0500 e. The summed E-state index contributed by atoms with van der Waals surface area (Å²) in [5.74, 6) is 2.48. The lowest BCUT2D eigenvalue weighted by Crippen LogP contribution is -2.47. The third-order valence-electron chi connectivity index (χ3n) is 4.10. The number of nitrogens with one attached hydrogen (secondary N) is 1. The summed E-state index contributed by atoms with van der Waals surface area (Å²) in [5.41, 5.74) is 1.47. The molecule has 2 heterocycles. The van der Waals surface area contributed by atoms with Crippen molar-refractivity contribution in [2.45, 2.75) is 19.0 Å². The first-order valence-corrected chi connectivity index (χ1v) is 9.32. The van der Waals surface area contributed by atoms with E-state index < -0.39 is 0 Å². The molecule has 0 amide bonds. The Kier molecular flexibility index (Phi) is 4.66. The van der Waals surface area contributed by atoms with Crippen LogP contribution < -0.4 is 5.32 Å². The molecule has 2 nitrogen and oxygen atoms in total. The molecule has 0 aliphatic carbocycles. The van der Waals surface area contributed by atoms with Crippen molar-refractivity contribution in [1.29, 1.82) is 0 Å². The van der Waals surface area contributed by atoms with E-state index in [1.54, 1.807) is 0 Å². The van der Waals surface area contributed by atoms with Gasteiger partial charge in [-0.2, -0.15) is 11.8 Å². The minimum Gasteiger partial charge on any atom is -0.309 e. The topological polar surface area (TPSA) is 15.3 Å². The number of thiophene rings is 1. The second kappa shape index (κ2) is 6.48. The van der Waals surface area contributed by atoms with Crippen LogP contribution in [0.25, 0.3) is 10.1 Å². The fourth-order valence-corrected chi connectivity index (χ4v) is 5.22. The van der Waals surface area contributed by atoms with Crippen molar-refractivity contribution in [2.75, 3.05) is 31.6 Å². The molecule has 2 aromatic rings. The largest absolute Gasteiger partial charge is 0.309 e. The number of nitrogens with zero attached hydrogens (tertiary/aromatic N) is 1. The molecular formula is C16H22N2S2. The van der Waals surface area contributed by atoms with E-state index in [1.807, 2.05) is 11.3 Å². The highest BCUT2D eigenvalue weighted by Gasteiger charge is 2.29. The van der Waals surface area contributed by atoms with E-state index in [1.165, 1.54) is 33.7 Å². The second-order valence-corrected chi connectivity index (χ2v) is 7.41. The number of fused-ring (bicyclic) bond motifs is 1. The Morgan fingerprint density at radius 2 is 2.30 bits per heavy atom. The van der Waals surface area contributed by atoms with Crippen LogP contribution in [0.5, 0.6) is 0 Å². The predicted octanol–water partition coefficient (Wildman–Crippen LogP) is 3.60. The molecule has 1 aromatic heterocycles. The Morgan fingerprint density at radius 1 is 1.40 bits per heavy atom. The summed E-state index contributed by atoms with van der Waals surface area (Å²) in [6.45, 7) is 4.41. The van der Waals surface area contributed by atoms with Crippen LogP contribution in [-0.2, 0) is 0 Å². The highest BCUT2D eigenvalue weighted by molar-refractivity contribution is 7.99. The minimum absolute atomic E-state index is 0.431. The van der Waals surface area contributed by atoms with Crippen LogP contribution in [-0.4, -0.2) is 42.6 Å². The third kappa shape index (κ3) is 2.75. The molecule has 4 heteroatoms. The van der Waals surface area contributed by atoms with Crippen molar-refractivity contribution in [3.63, 3.8) is 0 Å². The van der Waals surface area contributed by atoms with Crippen LogP contribution >= 0.6 is 23.1 Å². The molecule has 2 atom stereocenters. The van der Waals surface area contributed by atoms with E-state index in [9.17, 15) is 0 Å². The van der Waals surface area contributed by atoms with Gasteiger partial charge in [0.05, 0.1) is 0 Å². The fraction of sp³-hybridized carbons (Fsp3) is 0.500. The van der Waals surface area contributed by atoms with Crippen LogP contribution in [0.3, 0.4) is 0 Å². The number of hydrogen-bond donors (Lipinski definition) is 1. The van der Waals surface area contributed by atoms with Crippen LogP contribution in [0.4, 0.5) is 0 Å². The summed E-state index contributed by atoms with van der Waals surface area (Å²) in [6.07, 6.45) is 0. The fourth-order valence-electron chi connectivity index (χ4n) is 2.99. The van der Waals surface area contributed by atoms with E-state index in [0.717, 1.165) is 6.54 Å². The zero-order chi connectivity index (χ0) is 13.9. The lowest BCUT2D eigenvalue weighted by atomic mass is 9.98. The van der Waals surface area contributed by atoms with Crippen molar-refractivity contribution in [1.82, 2.24) is 10.2 Å². The zero-order valence-corrected chi connectivity index (χ0v) is 13.8.